The van der Waals surface area contributed by atoms with Crippen LogP contribution in [0.4, 0.5) is 11.5 Å². The second kappa shape index (κ2) is 6.60. The Morgan fingerprint density at radius 3 is 2.56 bits per heavy atom. The van der Waals surface area contributed by atoms with E-state index >= 15 is 0 Å². The van der Waals surface area contributed by atoms with E-state index in [4.69, 9.17) is 9.47 Å². The molecule has 0 unspecified atom stereocenters. The summed E-state index contributed by atoms with van der Waals surface area (Å²) in [5.74, 6) is 0.0593. The summed E-state index contributed by atoms with van der Waals surface area (Å²) < 4.78 is 12.0. The molecule has 0 aliphatic rings. The molecule has 128 valence electrons. The minimum absolute atomic E-state index is 0.150. The van der Waals surface area contributed by atoms with Crippen molar-refractivity contribution in [3.63, 3.8) is 0 Å². The molecule has 2 heterocycles. The van der Waals surface area contributed by atoms with Gasteiger partial charge in [-0.05, 0) is 36.8 Å². The summed E-state index contributed by atoms with van der Waals surface area (Å²) in [7, 11) is 3.06. The third-order valence-corrected chi connectivity index (χ3v) is 3.59. The first-order valence-electron chi connectivity index (χ1n) is 7.39. The largest absolute Gasteiger partial charge is 0.493 e. The van der Waals surface area contributed by atoms with E-state index in [1.807, 2.05) is 13.0 Å². The summed E-state index contributed by atoms with van der Waals surface area (Å²) in [6, 6.07) is 8.66. The number of methoxy groups -OCH3 is 2. The molecule has 0 atom stereocenters. The van der Waals surface area contributed by atoms with Gasteiger partial charge in [-0.3, -0.25) is 4.40 Å². The molecule has 1 N–H and O–H groups in total. The number of aromatic carboxylic acids is 1. The molecule has 8 heteroatoms. The Bertz CT molecular complexity index is 978. The van der Waals surface area contributed by atoms with Crippen LogP contribution in [-0.4, -0.2) is 34.7 Å². The number of carboxylic acids is 1. The number of aryl methyl sites for hydroxylation is 1. The van der Waals surface area contributed by atoms with Crippen molar-refractivity contribution in [1.29, 1.82) is 0 Å². The smallest absolute Gasteiger partial charge is 0.358 e. The number of nitrogens with zero attached hydrogens (tertiary/aromatic N) is 4. The maximum absolute atomic E-state index is 11.5. The summed E-state index contributed by atoms with van der Waals surface area (Å²) in [6.07, 6.45) is 1.72. The van der Waals surface area contributed by atoms with Crippen molar-refractivity contribution in [2.24, 2.45) is 10.2 Å². The van der Waals surface area contributed by atoms with E-state index in [1.54, 1.807) is 42.0 Å². The van der Waals surface area contributed by atoms with Crippen molar-refractivity contribution in [2.45, 2.75) is 6.92 Å². The zero-order chi connectivity index (χ0) is 18.0. The number of azo groups is 1. The predicted octanol–water partition coefficient (Wildman–Crippen LogP) is 3.77. The van der Waals surface area contributed by atoms with Gasteiger partial charge in [0, 0.05) is 12.3 Å². The fourth-order valence-corrected chi connectivity index (χ4v) is 2.36. The second-order valence-electron chi connectivity index (χ2n) is 5.26. The standard InChI is InChI=1S/C17H16N4O4/c1-10-6-7-21-14(8-10)18-15(17(22)23)16(21)20-19-11-4-5-12(24-2)13(9-11)25-3/h4-9H,1-3H3,(H,22,23). The van der Waals surface area contributed by atoms with Gasteiger partial charge >= 0.3 is 5.97 Å². The Kier molecular flexibility index (Phi) is 4.34. The van der Waals surface area contributed by atoms with Crippen LogP contribution in [0.5, 0.6) is 11.5 Å². The highest BCUT2D eigenvalue weighted by molar-refractivity contribution is 5.91. The molecule has 1 aromatic carbocycles. The molecule has 0 saturated carbocycles. The summed E-state index contributed by atoms with van der Waals surface area (Å²) in [4.78, 5) is 15.6. The molecule has 8 nitrogen and oxygen atoms in total. The first-order valence-corrected chi connectivity index (χ1v) is 7.39. The van der Waals surface area contributed by atoms with Crippen LogP contribution in [0.15, 0.2) is 46.8 Å². The molecule has 25 heavy (non-hydrogen) atoms. The highest BCUT2D eigenvalue weighted by Gasteiger charge is 2.18. The number of hydrogen-bond acceptors (Lipinski definition) is 6. The minimum atomic E-state index is -1.16. The molecule has 0 spiro atoms. The summed E-state index contributed by atoms with van der Waals surface area (Å²) in [5, 5.41) is 17.6. The number of imidazole rings is 1. The highest BCUT2D eigenvalue weighted by atomic mass is 16.5. The van der Waals surface area contributed by atoms with E-state index in [1.165, 1.54) is 7.11 Å². The number of carboxylic acid groups (broad SMARTS) is 1. The van der Waals surface area contributed by atoms with Crippen molar-refractivity contribution in [3.8, 4) is 11.5 Å². The Balaban J connectivity index is 2.06. The van der Waals surface area contributed by atoms with Crippen LogP contribution in [0.1, 0.15) is 16.1 Å². The highest BCUT2D eigenvalue weighted by Crippen LogP contribution is 2.32. The van der Waals surface area contributed by atoms with Crippen LogP contribution in [0.25, 0.3) is 5.65 Å². The van der Waals surface area contributed by atoms with E-state index < -0.39 is 5.97 Å². The van der Waals surface area contributed by atoms with E-state index in [0.717, 1.165) is 5.56 Å². The third kappa shape index (κ3) is 3.14. The van der Waals surface area contributed by atoms with Crippen LogP contribution < -0.4 is 9.47 Å². The molecular weight excluding hydrogens is 324 g/mol. The molecule has 0 fully saturated rings. The molecule has 3 aromatic rings. The maximum Gasteiger partial charge on any atom is 0.358 e. The molecule has 0 radical (unpaired) electrons. The molecule has 0 amide bonds. The van der Waals surface area contributed by atoms with Crippen LogP contribution in [0.3, 0.4) is 0 Å². The van der Waals surface area contributed by atoms with Gasteiger partial charge in [0.15, 0.2) is 23.0 Å². The number of pyridine rings is 1. The summed E-state index contributed by atoms with van der Waals surface area (Å²) >= 11 is 0. The van der Waals surface area contributed by atoms with Gasteiger partial charge in [-0.15, -0.1) is 10.2 Å². The van der Waals surface area contributed by atoms with Gasteiger partial charge < -0.3 is 14.6 Å². The predicted molar refractivity (Wildman–Crippen MR) is 90.6 cm³/mol. The van der Waals surface area contributed by atoms with Gasteiger partial charge in [0.2, 0.25) is 0 Å². The van der Waals surface area contributed by atoms with Gasteiger partial charge in [0.05, 0.1) is 19.9 Å². The topological polar surface area (TPSA) is 97.8 Å². The van der Waals surface area contributed by atoms with Gasteiger partial charge in [-0.1, -0.05) is 0 Å². The molecule has 3 rings (SSSR count). The first-order chi connectivity index (χ1) is 12.0. The SMILES string of the molecule is COc1ccc(N=Nc2c(C(=O)O)nc3cc(C)ccn23)cc1OC. The minimum Gasteiger partial charge on any atom is -0.493 e. The van der Waals surface area contributed by atoms with E-state index in [2.05, 4.69) is 15.2 Å². The average molecular weight is 340 g/mol. The van der Waals surface area contributed by atoms with Gasteiger partial charge in [0.1, 0.15) is 5.65 Å². The normalized spacial score (nSPS) is 11.2. The van der Waals surface area contributed by atoms with E-state index in [9.17, 15) is 9.90 Å². The van der Waals surface area contributed by atoms with E-state index in [0.29, 0.717) is 22.8 Å². The lowest BCUT2D eigenvalue weighted by molar-refractivity contribution is 0.0692. The third-order valence-electron chi connectivity index (χ3n) is 3.59. The van der Waals surface area contributed by atoms with Gasteiger partial charge in [-0.2, -0.15) is 0 Å². The molecule has 2 aromatic heterocycles. The number of fused-ring (bicyclic) bond motifs is 1. The zero-order valence-corrected chi connectivity index (χ0v) is 13.9. The first kappa shape index (κ1) is 16.4. The summed E-state index contributed by atoms with van der Waals surface area (Å²) in [5.41, 5.74) is 1.81. The molecular formula is C17H16N4O4. The van der Waals surface area contributed by atoms with Crippen LogP contribution in [0.2, 0.25) is 0 Å². The number of hydrogen-bond donors (Lipinski definition) is 1. The second-order valence-corrected chi connectivity index (χ2v) is 5.26. The Morgan fingerprint density at radius 1 is 1.12 bits per heavy atom. The van der Waals surface area contributed by atoms with Crippen molar-refractivity contribution in [3.05, 3.63) is 47.8 Å². The lowest BCUT2D eigenvalue weighted by Gasteiger charge is -2.06. The van der Waals surface area contributed by atoms with Crippen LogP contribution in [-0.2, 0) is 0 Å². The van der Waals surface area contributed by atoms with Crippen LogP contribution in [0, 0.1) is 6.92 Å². The Labute approximate surface area is 143 Å². The fourth-order valence-electron chi connectivity index (χ4n) is 2.36. The Hall–Kier alpha value is -3.42. The molecule has 0 aliphatic heterocycles. The van der Waals surface area contributed by atoms with Crippen molar-refractivity contribution in [2.75, 3.05) is 14.2 Å². The lowest BCUT2D eigenvalue weighted by atomic mass is 10.3. The van der Waals surface area contributed by atoms with Gasteiger partial charge in [0.25, 0.3) is 0 Å². The number of ether oxygens (including phenoxy) is 2. The zero-order valence-electron chi connectivity index (χ0n) is 13.9. The number of rotatable bonds is 5. The number of benzene rings is 1. The molecule has 0 bridgehead atoms. The molecule has 0 saturated heterocycles. The average Bonchev–Trinajstić information content (AvgIpc) is 2.97. The van der Waals surface area contributed by atoms with Gasteiger partial charge in [-0.25, -0.2) is 9.78 Å². The van der Waals surface area contributed by atoms with Crippen molar-refractivity contribution >= 4 is 23.1 Å². The fraction of sp³-hybridized carbons (Fsp3) is 0.176. The lowest BCUT2D eigenvalue weighted by Crippen LogP contribution is -1.96. The van der Waals surface area contributed by atoms with Crippen molar-refractivity contribution in [1.82, 2.24) is 9.38 Å². The molecule has 0 aliphatic carbocycles. The monoisotopic (exact) mass is 340 g/mol. The Morgan fingerprint density at radius 2 is 1.88 bits per heavy atom. The number of aromatic nitrogens is 2. The number of carbonyl (C=O) groups is 1. The van der Waals surface area contributed by atoms with Crippen molar-refractivity contribution < 1.29 is 19.4 Å². The van der Waals surface area contributed by atoms with E-state index in [-0.39, 0.29) is 11.5 Å². The quantitative estimate of drug-likeness (QED) is 0.713. The van der Waals surface area contributed by atoms with Crippen LogP contribution >= 0.6 is 0 Å². The summed E-state index contributed by atoms with van der Waals surface area (Å²) in [6.45, 7) is 1.90. The maximum atomic E-state index is 11.5.